The summed E-state index contributed by atoms with van der Waals surface area (Å²) in [7, 11) is 0. The minimum atomic E-state index is -0.413. The van der Waals surface area contributed by atoms with Crippen LogP contribution in [0.15, 0.2) is 53.4 Å². The number of carbonyl (C=O) groups is 2. The second kappa shape index (κ2) is 9.13. The predicted molar refractivity (Wildman–Crippen MR) is 99.5 cm³/mol. The number of aryl methyl sites for hydroxylation is 2. The molecule has 6 heteroatoms. The summed E-state index contributed by atoms with van der Waals surface area (Å²) in [6.07, 6.45) is 0. The summed E-state index contributed by atoms with van der Waals surface area (Å²) >= 11 is 1.42. The molecule has 1 unspecified atom stereocenters. The summed E-state index contributed by atoms with van der Waals surface area (Å²) in [6, 6.07) is 15.4. The zero-order valence-corrected chi connectivity index (χ0v) is 15.4. The van der Waals surface area contributed by atoms with Gasteiger partial charge in [0.2, 0.25) is 0 Å². The lowest BCUT2D eigenvalue weighted by Crippen LogP contribution is -2.46. The maximum Gasteiger partial charge on any atom is 0.276 e. The van der Waals surface area contributed by atoms with Crippen LogP contribution in [-0.4, -0.2) is 23.7 Å². The smallest absolute Gasteiger partial charge is 0.276 e. The van der Waals surface area contributed by atoms with Crippen molar-refractivity contribution in [1.82, 2.24) is 10.9 Å². The number of ether oxygens (including phenoxy) is 1. The Hall–Kier alpha value is -2.47. The molecule has 2 amide bonds. The van der Waals surface area contributed by atoms with Gasteiger partial charge in [0.25, 0.3) is 11.8 Å². The van der Waals surface area contributed by atoms with Gasteiger partial charge in [0.1, 0.15) is 5.75 Å². The number of hydrogen-bond acceptors (Lipinski definition) is 4. The molecule has 132 valence electrons. The molecule has 0 saturated carbocycles. The number of carbonyl (C=O) groups excluding carboxylic acids is 2. The number of rotatable bonds is 6. The van der Waals surface area contributed by atoms with Crippen molar-refractivity contribution in [2.45, 2.75) is 30.9 Å². The van der Waals surface area contributed by atoms with E-state index >= 15 is 0 Å². The van der Waals surface area contributed by atoms with Crippen LogP contribution in [-0.2, 0) is 9.59 Å². The first kappa shape index (κ1) is 18.9. The van der Waals surface area contributed by atoms with E-state index < -0.39 is 5.91 Å². The van der Waals surface area contributed by atoms with Crippen molar-refractivity contribution in [3.8, 4) is 5.75 Å². The fraction of sp³-hybridized carbons (Fsp3) is 0.263. The molecule has 0 saturated heterocycles. The zero-order chi connectivity index (χ0) is 18.2. The van der Waals surface area contributed by atoms with Gasteiger partial charge in [-0.15, -0.1) is 11.8 Å². The molecule has 2 aromatic rings. The first-order chi connectivity index (χ1) is 11.9. The van der Waals surface area contributed by atoms with E-state index in [2.05, 4.69) is 10.9 Å². The van der Waals surface area contributed by atoms with Crippen LogP contribution < -0.4 is 15.6 Å². The largest absolute Gasteiger partial charge is 0.484 e. The lowest BCUT2D eigenvalue weighted by Gasteiger charge is -2.13. The minimum Gasteiger partial charge on any atom is -0.484 e. The maximum absolute atomic E-state index is 12.0. The fourth-order valence-corrected chi connectivity index (χ4v) is 3.08. The highest BCUT2D eigenvalue weighted by atomic mass is 32.2. The third-order valence-corrected chi connectivity index (χ3v) is 4.43. The number of amides is 2. The monoisotopic (exact) mass is 358 g/mol. The minimum absolute atomic E-state index is 0.163. The van der Waals surface area contributed by atoms with Gasteiger partial charge >= 0.3 is 0 Å². The molecule has 5 nitrogen and oxygen atoms in total. The molecule has 2 N–H and O–H groups in total. The number of thioether (sulfide) groups is 1. The van der Waals surface area contributed by atoms with Crippen molar-refractivity contribution < 1.29 is 14.3 Å². The van der Waals surface area contributed by atoms with Gasteiger partial charge in [-0.1, -0.05) is 24.3 Å². The van der Waals surface area contributed by atoms with Crippen LogP contribution >= 0.6 is 11.8 Å². The lowest BCUT2D eigenvalue weighted by atomic mass is 10.1. The molecular weight excluding hydrogens is 336 g/mol. The van der Waals surface area contributed by atoms with Crippen LogP contribution in [0, 0.1) is 13.8 Å². The Morgan fingerprint density at radius 2 is 1.68 bits per heavy atom. The predicted octanol–water partition coefficient (Wildman–Crippen LogP) is 3.01. The topological polar surface area (TPSA) is 67.4 Å². The van der Waals surface area contributed by atoms with Gasteiger partial charge < -0.3 is 4.74 Å². The van der Waals surface area contributed by atoms with E-state index in [1.807, 2.05) is 62.4 Å². The number of hydrogen-bond donors (Lipinski definition) is 2. The quantitative estimate of drug-likeness (QED) is 0.615. The molecule has 0 aromatic heterocycles. The van der Waals surface area contributed by atoms with Crippen molar-refractivity contribution in [3.05, 3.63) is 59.7 Å². The summed E-state index contributed by atoms with van der Waals surface area (Å²) in [6.45, 7) is 5.55. The number of benzene rings is 2. The van der Waals surface area contributed by atoms with E-state index in [1.165, 1.54) is 11.8 Å². The second-order valence-electron chi connectivity index (χ2n) is 5.72. The zero-order valence-electron chi connectivity index (χ0n) is 14.5. The standard InChI is InChI=1S/C19H22N2O3S/c1-13-9-14(2)11-16(10-13)24-12-18(22)20-21-19(23)15(3)25-17-7-5-4-6-8-17/h4-11,15H,12H2,1-3H3,(H,20,22)(H,21,23). The Morgan fingerprint density at radius 3 is 2.32 bits per heavy atom. The molecule has 1 atom stereocenters. The van der Waals surface area contributed by atoms with Crippen molar-refractivity contribution in [2.75, 3.05) is 6.61 Å². The van der Waals surface area contributed by atoms with Crippen molar-refractivity contribution in [1.29, 1.82) is 0 Å². The van der Waals surface area contributed by atoms with Gasteiger partial charge in [0.15, 0.2) is 6.61 Å². The average molecular weight is 358 g/mol. The Balaban J connectivity index is 1.74. The van der Waals surface area contributed by atoms with Crippen molar-refractivity contribution >= 4 is 23.6 Å². The number of nitrogens with one attached hydrogen (secondary N) is 2. The molecule has 0 aliphatic rings. The molecule has 0 aliphatic heterocycles. The molecule has 0 radical (unpaired) electrons. The van der Waals surface area contributed by atoms with Gasteiger partial charge in [0.05, 0.1) is 5.25 Å². The Morgan fingerprint density at radius 1 is 1.04 bits per heavy atom. The van der Waals surface area contributed by atoms with Crippen LogP contribution in [0.3, 0.4) is 0 Å². The SMILES string of the molecule is Cc1cc(C)cc(OCC(=O)NNC(=O)C(C)Sc2ccccc2)c1. The third kappa shape index (κ3) is 6.51. The normalized spacial score (nSPS) is 11.5. The highest BCUT2D eigenvalue weighted by Crippen LogP contribution is 2.22. The van der Waals surface area contributed by atoms with Crippen molar-refractivity contribution in [2.24, 2.45) is 0 Å². The van der Waals surface area contributed by atoms with Crippen LogP contribution in [0.1, 0.15) is 18.1 Å². The molecule has 2 rings (SSSR count). The van der Waals surface area contributed by atoms with Crippen LogP contribution in [0.5, 0.6) is 5.75 Å². The molecule has 0 fully saturated rings. The summed E-state index contributed by atoms with van der Waals surface area (Å²) < 4.78 is 5.45. The highest BCUT2D eigenvalue weighted by Gasteiger charge is 2.15. The van der Waals surface area contributed by atoms with E-state index in [9.17, 15) is 9.59 Å². The van der Waals surface area contributed by atoms with E-state index in [4.69, 9.17) is 4.74 Å². The Kier molecular flexibility index (Phi) is 6.89. The van der Waals surface area contributed by atoms with Crippen LogP contribution in [0.4, 0.5) is 0 Å². The second-order valence-corrected chi connectivity index (χ2v) is 7.14. The maximum atomic E-state index is 12.0. The first-order valence-electron chi connectivity index (χ1n) is 7.95. The van der Waals surface area contributed by atoms with Crippen LogP contribution in [0.25, 0.3) is 0 Å². The summed E-state index contributed by atoms with van der Waals surface area (Å²) in [5.74, 6) is -0.0509. The molecular formula is C19H22N2O3S. The molecule has 0 spiro atoms. The molecule has 25 heavy (non-hydrogen) atoms. The molecule has 0 bridgehead atoms. The summed E-state index contributed by atoms with van der Waals surface area (Å²) in [5.41, 5.74) is 6.92. The summed E-state index contributed by atoms with van der Waals surface area (Å²) in [4.78, 5) is 24.8. The van der Waals surface area contributed by atoms with Gasteiger partial charge in [-0.2, -0.15) is 0 Å². The summed E-state index contributed by atoms with van der Waals surface area (Å²) in [5, 5.41) is -0.331. The average Bonchev–Trinajstić information content (AvgIpc) is 2.58. The fourth-order valence-electron chi connectivity index (χ4n) is 2.19. The Bertz CT molecular complexity index is 714. The van der Waals surface area contributed by atoms with Crippen molar-refractivity contribution in [3.63, 3.8) is 0 Å². The molecule has 0 aliphatic carbocycles. The lowest BCUT2D eigenvalue weighted by molar-refractivity contribution is -0.129. The highest BCUT2D eigenvalue weighted by molar-refractivity contribution is 8.00. The number of hydrazine groups is 1. The van der Waals surface area contributed by atoms with Crippen LogP contribution in [0.2, 0.25) is 0 Å². The van der Waals surface area contributed by atoms with E-state index in [-0.39, 0.29) is 17.8 Å². The Labute approximate surface area is 152 Å². The molecule has 2 aromatic carbocycles. The van der Waals surface area contributed by atoms with E-state index in [1.54, 1.807) is 6.92 Å². The van der Waals surface area contributed by atoms with Gasteiger partial charge in [0, 0.05) is 4.90 Å². The van der Waals surface area contributed by atoms with E-state index in [0.29, 0.717) is 5.75 Å². The van der Waals surface area contributed by atoms with Gasteiger partial charge in [-0.05, 0) is 56.2 Å². The molecule has 0 heterocycles. The van der Waals surface area contributed by atoms with Gasteiger partial charge in [-0.3, -0.25) is 20.4 Å². The first-order valence-corrected chi connectivity index (χ1v) is 8.83. The van der Waals surface area contributed by atoms with Gasteiger partial charge in [-0.25, -0.2) is 0 Å². The third-order valence-electron chi connectivity index (χ3n) is 3.32. The van der Waals surface area contributed by atoms with E-state index in [0.717, 1.165) is 16.0 Å².